The summed E-state index contributed by atoms with van der Waals surface area (Å²) in [6.07, 6.45) is 0. The first-order chi connectivity index (χ1) is 14.0. The molecule has 0 saturated carbocycles. The number of hydrogen-bond acceptors (Lipinski definition) is 3. The minimum Gasteiger partial charge on any atom is -0.333 e. The van der Waals surface area contributed by atoms with E-state index in [0.717, 1.165) is 17.7 Å². The molecule has 0 aliphatic rings. The molecule has 0 aliphatic carbocycles. The van der Waals surface area contributed by atoms with Crippen LogP contribution < -0.4 is 5.32 Å². The van der Waals surface area contributed by atoms with Crippen molar-refractivity contribution in [2.45, 2.75) is 13.5 Å². The second-order valence-corrected chi connectivity index (χ2v) is 6.30. The second kappa shape index (κ2) is 9.05. The molecule has 3 aromatic rings. The Morgan fingerprint density at radius 1 is 0.931 bits per heavy atom. The van der Waals surface area contributed by atoms with Gasteiger partial charge in [-0.25, -0.2) is 13.8 Å². The number of nitrogens with zero attached hydrogens (tertiary/aromatic N) is 2. The van der Waals surface area contributed by atoms with Gasteiger partial charge in [0.05, 0.1) is 0 Å². The summed E-state index contributed by atoms with van der Waals surface area (Å²) in [6, 6.07) is 17.1. The number of rotatable bonds is 6. The SMILES string of the molecule is CCN(Cc1ccccc1)C(=O)c1cccc(C(=O)Nc2ccc(F)c(F)c2)n1. The molecule has 0 atom stereocenters. The third kappa shape index (κ3) is 5.01. The Labute approximate surface area is 167 Å². The van der Waals surface area contributed by atoms with Gasteiger partial charge in [0.15, 0.2) is 11.6 Å². The van der Waals surface area contributed by atoms with E-state index in [1.54, 1.807) is 11.0 Å². The molecular formula is C22H19F2N3O2. The van der Waals surface area contributed by atoms with Crippen LogP contribution in [-0.4, -0.2) is 28.2 Å². The Kier molecular flexibility index (Phi) is 6.29. The van der Waals surface area contributed by atoms with Gasteiger partial charge in [0, 0.05) is 24.8 Å². The predicted molar refractivity (Wildman–Crippen MR) is 105 cm³/mol. The van der Waals surface area contributed by atoms with E-state index in [2.05, 4.69) is 10.3 Å². The molecule has 7 heteroatoms. The lowest BCUT2D eigenvalue weighted by atomic mass is 10.2. The van der Waals surface area contributed by atoms with Crippen molar-refractivity contribution in [1.29, 1.82) is 0 Å². The molecule has 29 heavy (non-hydrogen) atoms. The van der Waals surface area contributed by atoms with Crippen LogP contribution in [0.15, 0.2) is 66.7 Å². The van der Waals surface area contributed by atoms with Crippen molar-refractivity contribution < 1.29 is 18.4 Å². The zero-order valence-electron chi connectivity index (χ0n) is 15.7. The normalized spacial score (nSPS) is 10.4. The highest BCUT2D eigenvalue weighted by molar-refractivity contribution is 6.03. The number of benzene rings is 2. The smallest absolute Gasteiger partial charge is 0.274 e. The van der Waals surface area contributed by atoms with Crippen LogP contribution in [0.2, 0.25) is 0 Å². The van der Waals surface area contributed by atoms with Crippen molar-refractivity contribution in [2.24, 2.45) is 0 Å². The molecule has 5 nitrogen and oxygen atoms in total. The maximum Gasteiger partial charge on any atom is 0.274 e. The van der Waals surface area contributed by atoms with E-state index in [1.165, 1.54) is 18.2 Å². The Balaban J connectivity index is 1.75. The van der Waals surface area contributed by atoms with Gasteiger partial charge in [-0.05, 0) is 36.8 Å². The maximum atomic E-state index is 13.3. The molecule has 1 N–H and O–H groups in total. The molecule has 0 saturated heterocycles. The van der Waals surface area contributed by atoms with Crippen molar-refractivity contribution in [2.75, 3.05) is 11.9 Å². The number of halogens is 2. The van der Waals surface area contributed by atoms with Gasteiger partial charge >= 0.3 is 0 Å². The number of pyridine rings is 1. The van der Waals surface area contributed by atoms with Gasteiger partial charge in [0.1, 0.15) is 11.4 Å². The molecule has 3 rings (SSSR count). The van der Waals surface area contributed by atoms with Crippen LogP contribution in [-0.2, 0) is 6.54 Å². The van der Waals surface area contributed by atoms with Gasteiger partial charge in [-0.1, -0.05) is 36.4 Å². The standard InChI is InChI=1S/C22H19F2N3O2/c1-2-27(14-15-7-4-3-5-8-15)22(29)20-10-6-9-19(26-20)21(28)25-16-11-12-17(23)18(24)13-16/h3-13H,2,14H2,1H3,(H,25,28). The van der Waals surface area contributed by atoms with Crippen molar-refractivity contribution in [1.82, 2.24) is 9.88 Å². The van der Waals surface area contributed by atoms with Gasteiger partial charge in [0.2, 0.25) is 0 Å². The Morgan fingerprint density at radius 2 is 1.66 bits per heavy atom. The van der Waals surface area contributed by atoms with Gasteiger partial charge in [-0.15, -0.1) is 0 Å². The van der Waals surface area contributed by atoms with E-state index in [1.807, 2.05) is 37.3 Å². The first-order valence-corrected chi connectivity index (χ1v) is 9.04. The first kappa shape index (κ1) is 20.1. The molecule has 1 aromatic heterocycles. The number of amides is 2. The van der Waals surface area contributed by atoms with Crippen LogP contribution in [0.25, 0.3) is 0 Å². The third-order valence-electron chi connectivity index (χ3n) is 4.26. The van der Waals surface area contributed by atoms with Crippen molar-refractivity contribution in [3.8, 4) is 0 Å². The van der Waals surface area contributed by atoms with Crippen LogP contribution in [0, 0.1) is 11.6 Å². The van der Waals surface area contributed by atoms with Crippen LogP contribution in [0.3, 0.4) is 0 Å². The van der Waals surface area contributed by atoms with Gasteiger partial charge in [-0.3, -0.25) is 9.59 Å². The summed E-state index contributed by atoms with van der Waals surface area (Å²) in [7, 11) is 0. The zero-order chi connectivity index (χ0) is 20.8. The quantitative estimate of drug-likeness (QED) is 0.678. The van der Waals surface area contributed by atoms with E-state index < -0.39 is 17.5 Å². The molecule has 0 radical (unpaired) electrons. The van der Waals surface area contributed by atoms with Crippen LogP contribution in [0.4, 0.5) is 14.5 Å². The van der Waals surface area contributed by atoms with E-state index in [9.17, 15) is 18.4 Å². The molecule has 0 unspecified atom stereocenters. The van der Waals surface area contributed by atoms with Gasteiger partial charge < -0.3 is 10.2 Å². The fourth-order valence-corrected chi connectivity index (χ4v) is 2.74. The summed E-state index contributed by atoms with van der Waals surface area (Å²) >= 11 is 0. The van der Waals surface area contributed by atoms with E-state index >= 15 is 0 Å². The topological polar surface area (TPSA) is 62.3 Å². The largest absolute Gasteiger partial charge is 0.333 e. The minimum atomic E-state index is -1.07. The number of nitrogens with one attached hydrogen (secondary N) is 1. The minimum absolute atomic E-state index is 0.00338. The highest BCUT2D eigenvalue weighted by Gasteiger charge is 2.18. The third-order valence-corrected chi connectivity index (χ3v) is 4.26. The summed E-state index contributed by atoms with van der Waals surface area (Å²) in [4.78, 5) is 31.0. The second-order valence-electron chi connectivity index (χ2n) is 6.30. The highest BCUT2D eigenvalue weighted by Crippen LogP contribution is 2.15. The fourth-order valence-electron chi connectivity index (χ4n) is 2.74. The average Bonchev–Trinajstić information content (AvgIpc) is 2.75. The molecule has 2 aromatic carbocycles. The van der Waals surface area contributed by atoms with Gasteiger partial charge in [-0.2, -0.15) is 0 Å². The Hall–Kier alpha value is -3.61. The summed E-state index contributed by atoms with van der Waals surface area (Å²) < 4.78 is 26.3. The maximum absolute atomic E-state index is 13.3. The van der Waals surface area contributed by atoms with E-state index in [4.69, 9.17) is 0 Å². The number of aromatic nitrogens is 1. The molecule has 2 amide bonds. The Bertz CT molecular complexity index is 1030. The monoisotopic (exact) mass is 395 g/mol. The predicted octanol–water partition coefficient (Wildman–Crippen LogP) is 4.27. The van der Waals surface area contributed by atoms with Crippen LogP contribution in [0.1, 0.15) is 33.5 Å². The van der Waals surface area contributed by atoms with E-state index in [0.29, 0.717) is 13.1 Å². The van der Waals surface area contributed by atoms with Gasteiger partial charge in [0.25, 0.3) is 11.8 Å². The summed E-state index contributed by atoms with van der Waals surface area (Å²) in [5.41, 5.74) is 1.19. The lowest BCUT2D eigenvalue weighted by Gasteiger charge is -2.20. The molecule has 148 valence electrons. The molecule has 0 bridgehead atoms. The number of anilines is 1. The van der Waals surface area contributed by atoms with E-state index in [-0.39, 0.29) is 23.0 Å². The number of carbonyl (C=O) groups excluding carboxylic acids is 2. The molecule has 0 fully saturated rings. The summed E-state index contributed by atoms with van der Waals surface area (Å²) in [5, 5.41) is 2.44. The van der Waals surface area contributed by atoms with Crippen molar-refractivity contribution >= 4 is 17.5 Å². The van der Waals surface area contributed by atoms with Crippen molar-refractivity contribution in [3.63, 3.8) is 0 Å². The lowest BCUT2D eigenvalue weighted by Crippen LogP contribution is -2.31. The first-order valence-electron chi connectivity index (χ1n) is 9.04. The summed E-state index contributed by atoms with van der Waals surface area (Å²) in [6.45, 7) is 2.75. The fraction of sp³-hybridized carbons (Fsp3) is 0.136. The summed E-state index contributed by atoms with van der Waals surface area (Å²) in [5.74, 6) is -3.01. The highest BCUT2D eigenvalue weighted by atomic mass is 19.2. The van der Waals surface area contributed by atoms with Crippen LogP contribution >= 0.6 is 0 Å². The molecule has 1 heterocycles. The van der Waals surface area contributed by atoms with Crippen molar-refractivity contribution in [3.05, 3.63) is 95.3 Å². The number of carbonyl (C=O) groups is 2. The molecule has 0 spiro atoms. The lowest BCUT2D eigenvalue weighted by molar-refractivity contribution is 0.0746. The number of hydrogen-bond donors (Lipinski definition) is 1. The Morgan fingerprint density at radius 3 is 2.34 bits per heavy atom. The average molecular weight is 395 g/mol. The molecule has 0 aliphatic heterocycles. The molecular weight excluding hydrogens is 376 g/mol. The van der Waals surface area contributed by atoms with Crippen LogP contribution in [0.5, 0.6) is 0 Å². The zero-order valence-corrected chi connectivity index (χ0v) is 15.7.